The molecule has 0 saturated carbocycles. The number of carbonyl (C=O) groups is 1. The highest BCUT2D eigenvalue weighted by Gasteiger charge is 2.08. The SMILES string of the molecule is Cc1cc(C)c(C)c(Oc2cc(C=O)ccc2C)c1. The third-order valence-electron chi connectivity index (χ3n) is 3.33. The molecule has 0 aliphatic heterocycles. The van der Waals surface area contributed by atoms with Gasteiger partial charge in [0.2, 0.25) is 0 Å². The van der Waals surface area contributed by atoms with Gasteiger partial charge in [-0.25, -0.2) is 0 Å². The van der Waals surface area contributed by atoms with Gasteiger partial charge in [-0.15, -0.1) is 0 Å². The lowest BCUT2D eigenvalue weighted by molar-refractivity contribution is 0.112. The second-order valence-electron chi connectivity index (χ2n) is 4.95. The van der Waals surface area contributed by atoms with Crippen molar-refractivity contribution in [2.45, 2.75) is 27.7 Å². The average molecular weight is 254 g/mol. The van der Waals surface area contributed by atoms with Crippen LogP contribution in [-0.2, 0) is 0 Å². The zero-order valence-corrected chi connectivity index (χ0v) is 11.8. The lowest BCUT2D eigenvalue weighted by Crippen LogP contribution is -1.94. The molecule has 2 aromatic carbocycles. The molecule has 0 fully saturated rings. The molecule has 0 amide bonds. The van der Waals surface area contributed by atoms with Crippen LogP contribution in [0.5, 0.6) is 11.5 Å². The van der Waals surface area contributed by atoms with Crippen LogP contribution in [-0.4, -0.2) is 6.29 Å². The molecule has 0 radical (unpaired) electrons. The van der Waals surface area contributed by atoms with Crippen LogP contribution in [0, 0.1) is 27.7 Å². The molecule has 2 rings (SSSR count). The molecule has 0 unspecified atom stereocenters. The second-order valence-corrected chi connectivity index (χ2v) is 4.95. The van der Waals surface area contributed by atoms with Crippen LogP contribution >= 0.6 is 0 Å². The number of hydrogen-bond acceptors (Lipinski definition) is 2. The van der Waals surface area contributed by atoms with E-state index < -0.39 is 0 Å². The van der Waals surface area contributed by atoms with E-state index in [0.29, 0.717) is 5.56 Å². The highest BCUT2D eigenvalue weighted by molar-refractivity contribution is 5.76. The fraction of sp³-hybridized carbons (Fsp3) is 0.235. The lowest BCUT2D eigenvalue weighted by atomic mass is 10.1. The molecular formula is C17H18O2. The summed E-state index contributed by atoms with van der Waals surface area (Å²) < 4.78 is 5.99. The van der Waals surface area contributed by atoms with E-state index in [1.54, 1.807) is 12.1 Å². The number of aryl methyl sites for hydroxylation is 3. The molecule has 2 nitrogen and oxygen atoms in total. The van der Waals surface area contributed by atoms with Crippen molar-refractivity contribution < 1.29 is 9.53 Å². The predicted octanol–water partition coefficient (Wildman–Crippen LogP) is 4.53. The standard InChI is InChI=1S/C17H18O2/c1-11-7-13(3)14(4)17(8-11)19-16-9-15(10-18)6-5-12(16)2/h5-10H,1-4H3. The quantitative estimate of drug-likeness (QED) is 0.752. The van der Waals surface area contributed by atoms with E-state index in [0.717, 1.165) is 28.9 Å². The molecule has 0 atom stereocenters. The van der Waals surface area contributed by atoms with Gasteiger partial charge >= 0.3 is 0 Å². The van der Waals surface area contributed by atoms with E-state index >= 15 is 0 Å². The Hall–Kier alpha value is -2.09. The molecule has 0 aromatic heterocycles. The number of aldehydes is 1. The van der Waals surface area contributed by atoms with Crippen molar-refractivity contribution in [3.05, 3.63) is 58.1 Å². The Bertz CT molecular complexity index is 627. The van der Waals surface area contributed by atoms with Gasteiger partial charge in [0.05, 0.1) is 0 Å². The molecule has 19 heavy (non-hydrogen) atoms. The van der Waals surface area contributed by atoms with Gasteiger partial charge in [0.25, 0.3) is 0 Å². The first kappa shape index (κ1) is 13.3. The van der Waals surface area contributed by atoms with E-state index in [-0.39, 0.29) is 0 Å². The minimum Gasteiger partial charge on any atom is -0.457 e. The second kappa shape index (κ2) is 5.27. The third kappa shape index (κ3) is 2.84. The van der Waals surface area contributed by atoms with Crippen LogP contribution in [0.4, 0.5) is 0 Å². The average Bonchev–Trinajstić information content (AvgIpc) is 2.38. The van der Waals surface area contributed by atoms with Crippen LogP contribution in [0.1, 0.15) is 32.6 Å². The zero-order valence-electron chi connectivity index (χ0n) is 11.8. The summed E-state index contributed by atoms with van der Waals surface area (Å²) in [5, 5.41) is 0. The van der Waals surface area contributed by atoms with Crippen molar-refractivity contribution in [1.82, 2.24) is 0 Å². The van der Waals surface area contributed by atoms with Crippen LogP contribution in [0.15, 0.2) is 30.3 Å². The number of rotatable bonds is 3. The first-order chi connectivity index (χ1) is 9.01. The normalized spacial score (nSPS) is 10.3. The largest absolute Gasteiger partial charge is 0.457 e. The lowest BCUT2D eigenvalue weighted by Gasteiger charge is -2.14. The van der Waals surface area contributed by atoms with Gasteiger partial charge in [0.15, 0.2) is 0 Å². The molecular weight excluding hydrogens is 236 g/mol. The molecule has 0 aliphatic rings. The molecule has 2 aromatic rings. The summed E-state index contributed by atoms with van der Waals surface area (Å²) >= 11 is 0. The first-order valence-electron chi connectivity index (χ1n) is 6.33. The van der Waals surface area contributed by atoms with Crippen molar-refractivity contribution in [1.29, 1.82) is 0 Å². The highest BCUT2D eigenvalue weighted by atomic mass is 16.5. The smallest absolute Gasteiger partial charge is 0.150 e. The summed E-state index contributed by atoms with van der Waals surface area (Å²) in [6.45, 7) is 8.14. The Balaban J connectivity index is 2.44. The van der Waals surface area contributed by atoms with Crippen LogP contribution in [0.25, 0.3) is 0 Å². The Morgan fingerprint density at radius 2 is 1.63 bits per heavy atom. The minimum atomic E-state index is 0.627. The van der Waals surface area contributed by atoms with Gasteiger partial charge in [-0.3, -0.25) is 4.79 Å². The summed E-state index contributed by atoms with van der Waals surface area (Å²) in [5.74, 6) is 1.58. The molecule has 2 heteroatoms. The van der Waals surface area contributed by atoms with Gasteiger partial charge in [-0.2, -0.15) is 0 Å². The van der Waals surface area contributed by atoms with Gasteiger partial charge < -0.3 is 4.74 Å². The Morgan fingerprint density at radius 3 is 2.32 bits per heavy atom. The minimum absolute atomic E-state index is 0.627. The van der Waals surface area contributed by atoms with Gasteiger partial charge in [-0.1, -0.05) is 18.2 Å². The van der Waals surface area contributed by atoms with Crippen molar-refractivity contribution >= 4 is 6.29 Å². The fourth-order valence-electron chi connectivity index (χ4n) is 2.03. The number of carbonyl (C=O) groups excluding carboxylic acids is 1. The molecule has 0 aliphatic carbocycles. The Labute approximate surface area is 114 Å². The van der Waals surface area contributed by atoms with E-state index in [4.69, 9.17) is 4.74 Å². The summed E-state index contributed by atoms with van der Waals surface area (Å²) in [6, 6.07) is 9.63. The topological polar surface area (TPSA) is 26.3 Å². The third-order valence-corrected chi connectivity index (χ3v) is 3.33. The summed E-state index contributed by atoms with van der Waals surface area (Å²) in [5.41, 5.74) is 5.15. The van der Waals surface area contributed by atoms with Crippen LogP contribution in [0.2, 0.25) is 0 Å². The molecule has 0 bridgehead atoms. The number of benzene rings is 2. The maximum atomic E-state index is 10.8. The summed E-state index contributed by atoms with van der Waals surface area (Å²) in [7, 11) is 0. The maximum absolute atomic E-state index is 10.8. The van der Waals surface area contributed by atoms with Gasteiger partial charge in [0, 0.05) is 5.56 Å². The van der Waals surface area contributed by atoms with E-state index in [1.807, 2.05) is 32.9 Å². The molecule has 0 spiro atoms. The highest BCUT2D eigenvalue weighted by Crippen LogP contribution is 2.30. The van der Waals surface area contributed by atoms with E-state index in [1.165, 1.54) is 11.1 Å². The van der Waals surface area contributed by atoms with Crippen LogP contribution in [0.3, 0.4) is 0 Å². The van der Waals surface area contributed by atoms with Gasteiger partial charge in [0.1, 0.15) is 17.8 Å². The van der Waals surface area contributed by atoms with Gasteiger partial charge in [-0.05, 0) is 62.1 Å². The first-order valence-corrected chi connectivity index (χ1v) is 6.33. The Morgan fingerprint density at radius 1 is 0.895 bits per heavy atom. The zero-order chi connectivity index (χ0) is 14.0. The van der Waals surface area contributed by atoms with Crippen molar-refractivity contribution in [2.75, 3.05) is 0 Å². The van der Waals surface area contributed by atoms with E-state index in [9.17, 15) is 4.79 Å². The van der Waals surface area contributed by atoms with Crippen molar-refractivity contribution in [3.8, 4) is 11.5 Å². The monoisotopic (exact) mass is 254 g/mol. The molecule has 0 heterocycles. The van der Waals surface area contributed by atoms with Crippen molar-refractivity contribution in [2.24, 2.45) is 0 Å². The summed E-state index contributed by atoms with van der Waals surface area (Å²) in [4.78, 5) is 10.8. The molecule has 0 saturated heterocycles. The van der Waals surface area contributed by atoms with Crippen molar-refractivity contribution in [3.63, 3.8) is 0 Å². The fourth-order valence-corrected chi connectivity index (χ4v) is 2.03. The number of hydrogen-bond donors (Lipinski definition) is 0. The maximum Gasteiger partial charge on any atom is 0.150 e. The van der Waals surface area contributed by atoms with Crippen LogP contribution < -0.4 is 4.74 Å². The van der Waals surface area contributed by atoms with E-state index in [2.05, 4.69) is 13.0 Å². The Kier molecular flexibility index (Phi) is 3.70. The molecule has 98 valence electrons. The number of ether oxygens (including phenoxy) is 1. The summed E-state index contributed by atoms with van der Waals surface area (Å²) in [6.07, 6.45) is 0.834. The molecule has 0 N–H and O–H groups in total. The predicted molar refractivity (Wildman–Crippen MR) is 77.3 cm³/mol.